The molecular weight excluding hydrogens is 468 g/mol. The van der Waals surface area contributed by atoms with Crippen LogP contribution in [0.25, 0.3) is 0 Å². The molecule has 0 heteroatoms. The van der Waals surface area contributed by atoms with Crippen molar-refractivity contribution in [2.24, 2.45) is 0 Å². The second-order valence-electron chi connectivity index (χ2n) is 13.3. The first kappa shape index (κ1) is 33.6. The summed E-state index contributed by atoms with van der Waals surface area (Å²) in [6.45, 7) is 31.3. The van der Waals surface area contributed by atoms with Gasteiger partial charge in [0, 0.05) is 0 Å². The first-order valence-electron chi connectivity index (χ1n) is 16.8. The van der Waals surface area contributed by atoms with Crippen molar-refractivity contribution in [1.82, 2.24) is 0 Å². The van der Waals surface area contributed by atoms with Crippen molar-refractivity contribution in [3.05, 3.63) is 68.8 Å². The highest BCUT2D eigenvalue weighted by Gasteiger charge is 2.27. The van der Waals surface area contributed by atoms with Gasteiger partial charge in [0.05, 0.1) is 0 Å². The van der Waals surface area contributed by atoms with E-state index in [4.69, 9.17) is 0 Å². The molecule has 2 aromatic carbocycles. The summed E-state index contributed by atoms with van der Waals surface area (Å²) in [5.74, 6) is 4.09. The molecule has 7 unspecified atom stereocenters. The number of benzene rings is 2. The lowest BCUT2D eigenvalue weighted by molar-refractivity contribution is 0.626. The Morgan fingerprint density at radius 2 is 0.667 bits per heavy atom. The van der Waals surface area contributed by atoms with Gasteiger partial charge in [-0.25, -0.2) is 0 Å². The van der Waals surface area contributed by atoms with Gasteiger partial charge < -0.3 is 0 Å². The Bertz CT molecular complexity index is 964. The lowest BCUT2D eigenvalue weighted by Gasteiger charge is -2.31. The minimum absolute atomic E-state index is 0.504. The summed E-state index contributed by atoms with van der Waals surface area (Å²) in [6.07, 6.45) is 8.35. The summed E-state index contributed by atoms with van der Waals surface area (Å²) in [6, 6.07) is 10.4. The van der Waals surface area contributed by atoms with Gasteiger partial charge in [0.25, 0.3) is 0 Å². The van der Waals surface area contributed by atoms with Crippen LogP contribution in [-0.4, -0.2) is 0 Å². The van der Waals surface area contributed by atoms with E-state index in [0.717, 1.165) is 6.42 Å². The molecule has 0 saturated heterocycles. The van der Waals surface area contributed by atoms with Crippen LogP contribution in [0.2, 0.25) is 0 Å². The molecule has 0 aromatic heterocycles. The largest absolute Gasteiger partial charge is 0.0648 e. The fourth-order valence-electron chi connectivity index (χ4n) is 6.29. The molecule has 39 heavy (non-hydrogen) atoms. The fraction of sp³-hybridized carbons (Fsp3) is 0.692. The summed E-state index contributed by atoms with van der Waals surface area (Å²) in [4.78, 5) is 0. The molecule has 2 aromatic rings. The molecule has 0 fully saturated rings. The van der Waals surface area contributed by atoms with Crippen molar-refractivity contribution in [1.29, 1.82) is 0 Å². The predicted molar refractivity (Wildman–Crippen MR) is 177 cm³/mol. The molecule has 0 saturated carbocycles. The average Bonchev–Trinajstić information content (AvgIpc) is 2.97. The Kier molecular flexibility index (Phi) is 13.3. The highest BCUT2D eigenvalue weighted by molar-refractivity contribution is 5.49. The maximum Gasteiger partial charge on any atom is -0.0144 e. The molecule has 0 aliphatic heterocycles. The van der Waals surface area contributed by atoms with Crippen LogP contribution in [0.1, 0.15) is 214 Å². The van der Waals surface area contributed by atoms with Crippen LogP contribution in [0, 0.1) is 0 Å². The van der Waals surface area contributed by atoms with Crippen molar-refractivity contribution < 1.29 is 0 Å². The Hall–Kier alpha value is -1.56. The van der Waals surface area contributed by atoms with Gasteiger partial charge in [-0.3, -0.25) is 0 Å². The van der Waals surface area contributed by atoms with E-state index in [1.807, 2.05) is 0 Å². The molecule has 7 atom stereocenters. The van der Waals surface area contributed by atoms with E-state index >= 15 is 0 Å². The minimum atomic E-state index is 0.504. The van der Waals surface area contributed by atoms with Gasteiger partial charge in [0.15, 0.2) is 0 Å². The van der Waals surface area contributed by atoms with Gasteiger partial charge in [-0.2, -0.15) is 0 Å². The normalized spacial score (nSPS) is 17.4. The van der Waals surface area contributed by atoms with Crippen LogP contribution in [0.5, 0.6) is 0 Å². The molecule has 0 spiro atoms. The quantitative estimate of drug-likeness (QED) is 0.214. The average molecular weight is 533 g/mol. The number of hydrogen-bond donors (Lipinski definition) is 0. The van der Waals surface area contributed by atoms with Crippen LogP contribution in [0.3, 0.4) is 0 Å². The van der Waals surface area contributed by atoms with E-state index in [1.54, 1.807) is 44.5 Å². The van der Waals surface area contributed by atoms with E-state index in [0.29, 0.717) is 41.4 Å². The maximum absolute atomic E-state index is 2.61. The molecule has 220 valence electrons. The summed E-state index contributed by atoms with van der Waals surface area (Å²) in [5.41, 5.74) is 13.0. The molecule has 0 aliphatic carbocycles. The summed E-state index contributed by atoms with van der Waals surface area (Å²) in [5, 5.41) is 0. The highest BCUT2D eigenvalue weighted by atomic mass is 14.3. The second-order valence-corrected chi connectivity index (χ2v) is 13.3. The molecule has 0 radical (unpaired) electrons. The molecule has 0 heterocycles. The van der Waals surface area contributed by atoms with Gasteiger partial charge in [0.2, 0.25) is 0 Å². The lowest BCUT2D eigenvalue weighted by Crippen LogP contribution is -2.15. The monoisotopic (exact) mass is 533 g/mol. The zero-order valence-electron chi connectivity index (χ0n) is 28.3. The van der Waals surface area contributed by atoms with E-state index < -0.39 is 0 Å². The fourth-order valence-corrected chi connectivity index (χ4v) is 6.29. The Morgan fingerprint density at radius 1 is 0.385 bits per heavy atom. The third kappa shape index (κ3) is 7.80. The molecule has 0 bridgehead atoms. The van der Waals surface area contributed by atoms with Gasteiger partial charge in [-0.15, -0.1) is 0 Å². The van der Waals surface area contributed by atoms with E-state index in [9.17, 15) is 0 Å². The smallest absolute Gasteiger partial charge is 0.0144 e. The van der Waals surface area contributed by atoms with Crippen LogP contribution < -0.4 is 0 Å². The Morgan fingerprint density at radius 3 is 0.974 bits per heavy atom. The molecular formula is C39H64. The van der Waals surface area contributed by atoms with Crippen LogP contribution in [-0.2, 0) is 6.42 Å². The Balaban J connectivity index is 2.84. The third-order valence-electron chi connectivity index (χ3n) is 10.5. The standard InChI is InChI=1S/C39H64/c1-14-25(7)32-21-34(27(9)16-3)38(35(22-32)28(10)17-4)20-31(13)39-36(29(11)18-5)23-33(26(8)15-2)24-37(39)30(12)19-6/h21-31H,14-20H2,1-13H3. The minimum Gasteiger partial charge on any atom is -0.0648 e. The van der Waals surface area contributed by atoms with Gasteiger partial charge in [-0.1, -0.05) is 114 Å². The van der Waals surface area contributed by atoms with Crippen LogP contribution in [0.15, 0.2) is 24.3 Å². The van der Waals surface area contributed by atoms with Crippen molar-refractivity contribution in [2.45, 2.75) is 176 Å². The molecule has 0 nitrogen and oxygen atoms in total. The number of rotatable bonds is 15. The molecule has 0 amide bonds. The number of hydrogen-bond acceptors (Lipinski definition) is 0. The van der Waals surface area contributed by atoms with Crippen molar-refractivity contribution in [3.8, 4) is 0 Å². The summed E-state index contributed by atoms with van der Waals surface area (Å²) < 4.78 is 0. The first-order valence-corrected chi connectivity index (χ1v) is 16.8. The third-order valence-corrected chi connectivity index (χ3v) is 10.5. The second kappa shape index (κ2) is 15.4. The zero-order chi connectivity index (χ0) is 29.4. The van der Waals surface area contributed by atoms with E-state index in [1.165, 1.54) is 38.5 Å². The van der Waals surface area contributed by atoms with Crippen LogP contribution >= 0.6 is 0 Å². The topological polar surface area (TPSA) is 0 Å². The van der Waals surface area contributed by atoms with Crippen LogP contribution in [0.4, 0.5) is 0 Å². The molecule has 0 N–H and O–H groups in total. The molecule has 2 rings (SSSR count). The zero-order valence-corrected chi connectivity index (χ0v) is 28.3. The predicted octanol–water partition coefficient (Wildman–Crippen LogP) is 13.1. The summed E-state index contributed by atoms with van der Waals surface area (Å²) in [7, 11) is 0. The summed E-state index contributed by atoms with van der Waals surface area (Å²) >= 11 is 0. The SMILES string of the molecule is CCC(C)c1cc(C(C)CC)c(CC(C)c2c(C(C)CC)cc(C(C)CC)cc2C(C)CC)c(C(C)CC)c1. The first-order chi connectivity index (χ1) is 18.5. The van der Waals surface area contributed by atoms with Gasteiger partial charge >= 0.3 is 0 Å². The van der Waals surface area contributed by atoms with Crippen molar-refractivity contribution in [2.75, 3.05) is 0 Å². The van der Waals surface area contributed by atoms with Gasteiger partial charge in [-0.05, 0) is 131 Å². The van der Waals surface area contributed by atoms with Crippen molar-refractivity contribution in [3.63, 3.8) is 0 Å². The lowest BCUT2D eigenvalue weighted by atomic mass is 9.74. The highest BCUT2D eigenvalue weighted by Crippen LogP contribution is 2.42. The van der Waals surface area contributed by atoms with Gasteiger partial charge in [0.1, 0.15) is 0 Å². The maximum atomic E-state index is 2.61. The van der Waals surface area contributed by atoms with E-state index in [2.05, 4.69) is 114 Å². The Labute approximate surface area is 244 Å². The van der Waals surface area contributed by atoms with Crippen molar-refractivity contribution >= 4 is 0 Å². The molecule has 0 aliphatic rings. The van der Waals surface area contributed by atoms with E-state index in [-0.39, 0.29) is 0 Å².